The minimum atomic E-state index is -0.621. The van der Waals surface area contributed by atoms with Gasteiger partial charge in [0.05, 0.1) is 50.2 Å². The van der Waals surface area contributed by atoms with Crippen LogP contribution in [0.3, 0.4) is 0 Å². The molecule has 0 bridgehead atoms. The number of ether oxygens (including phenoxy) is 2. The van der Waals surface area contributed by atoms with E-state index in [1.165, 1.54) is 0 Å². The molecule has 0 spiro atoms. The molecule has 1 aliphatic carbocycles. The summed E-state index contributed by atoms with van der Waals surface area (Å²) in [6, 6.07) is 6.16. The van der Waals surface area contributed by atoms with Gasteiger partial charge in [-0.1, -0.05) is 12.8 Å². The van der Waals surface area contributed by atoms with Crippen LogP contribution in [0.4, 0.5) is 16.2 Å². The van der Waals surface area contributed by atoms with E-state index in [1.54, 1.807) is 22.2 Å². The van der Waals surface area contributed by atoms with Gasteiger partial charge in [-0.15, -0.1) is 0 Å². The molecule has 19 nitrogen and oxygen atoms in total. The number of piperidine rings is 1. The van der Waals surface area contributed by atoms with Gasteiger partial charge in [-0.05, 0) is 55.9 Å². The summed E-state index contributed by atoms with van der Waals surface area (Å²) in [5, 5.41) is 15.5. The van der Waals surface area contributed by atoms with Crippen LogP contribution in [0.5, 0.6) is 0 Å². The first-order valence-corrected chi connectivity index (χ1v) is 22.1. The predicted molar refractivity (Wildman–Crippen MR) is 226 cm³/mol. The fourth-order valence-electron chi connectivity index (χ4n) is 9.31. The number of benzene rings is 1. The number of amides is 7. The third-order valence-electron chi connectivity index (χ3n) is 12.6. The maximum Gasteiger partial charge on any atom is 0.322 e. The van der Waals surface area contributed by atoms with Crippen LogP contribution in [0.1, 0.15) is 85.3 Å². The van der Waals surface area contributed by atoms with E-state index in [0.717, 1.165) is 87.4 Å². The van der Waals surface area contributed by atoms with Gasteiger partial charge in [0.15, 0.2) is 5.65 Å². The Morgan fingerprint density at radius 1 is 0.855 bits per heavy atom. The first-order chi connectivity index (χ1) is 30.2. The number of carbonyl (C=O) groups excluding carboxylic acids is 6. The SMILES string of the molecule is O=C(CCOCCOCCN1CCN(c2ccc3c(c2)CN(C2CCC(=O)NC2=O)C3=O)CC1)NCCNC(=O)C1CCCN1C(=O)Nc1cnc2ccnn2c1C1CCCC1. The molecule has 0 radical (unpaired) electrons. The number of imide groups is 1. The first-order valence-electron chi connectivity index (χ1n) is 22.1. The molecule has 2 atom stereocenters. The van der Waals surface area contributed by atoms with Crippen molar-refractivity contribution in [3.8, 4) is 0 Å². The van der Waals surface area contributed by atoms with Crippen molar-refractivity contribution in [2.75, 3.05) is 89.0 Å². The van der Waals surface area contributed by atoms with Crippen molar-refractivity contribution in [3.63, 3.8) is 0 Å². The Morgan fingerprint density at radius 2 is 1.65 bits per heavy atom. The molecule has 2 aromatic heterocycles. The van der Waals surface area contributed by atoms with Crippen LogP contribution in [0.15, 0.2) is 36.7 Å². The second kappa shape index (κ2) is 20.0. The van der Waals surface area contributed by atoms with Crippen molar-refractivity contribution in [3.05, 3.63) is 53.5 Å². The van der Waals surface area contributed by atoms with E-state index in [4.69, 9.17) is 9.47 Å². The van der Waals surface area contributed by atoms with Crippen LogP contribution in [0.25, 0.3) is 5.65 Å². The van der Waals surface area contributed by atoms with Crippen molar-refractivity contribution < 1.29 is 38.2 Å². The molecule has 1 saturated carbocycles. The van der Waals surface area contributed by atoms with Crippen LogP contribution >= 0.6 is 0 Å². The highest BCUT2D eigenvalue weighted by molar-refractivity contribution is 6.05. The van der Waals surface area contributed by atoms with Crippen molar-refractivity contribution in [2.24, 2.45) is 0 Å². The summed E-state index contributed by atoms with van der Waals surface area (Å²) in [7, 11) is 0. The van der Waals surface area contributed by atoms with Gasteiger partial charge in [0.25, 0.3) is 5.91 Å². The highest BCUT2D eigenvalue weighted by Gasteiger charge is 2.39. The van der Waals surface area contributed by atoms with E-state index in [9.17, 15) is 28.8 Å². The van der Waals surface area contributed by atoms with Gasteiger partial charge in [-0.3, -0.25) is 34.2 Å². The summed E-state index contributed by atoms with van der Waals surface area (Å²) >= 11 is 0. The summed E-state index contributed by atoms with van der Waals surface area (Å²) in [6.45, 7) is 7.18. The Kier molecular flexibility index (Phi) is 13.9. The third kappa shape index (κ3) is 10.0. The molecular formula is C43H57N11O8. The first kappa shape index (κ1) is 43.0. The molecule has 62 heavy (non-hydrogen) atoms. The lowest BCUT2D eigenvalue weighted by atomic mass is 10.0. The minimum absolute atomic E-state index is 0.166. The zero-order chi connectivity index (χ0) is 43.0. The largest absolute Gasteiger partial charge is 0.379 e. The second-order valence-corrected chi connectivity index (χ2v) is 16.6. The number of rotatable bonds is 17. The topological polar surface area (TPSA) is 212 Å². The average molecular weight is 856 g/mol. The number of urea groups is 1. The zero-order valence-corrected chi connectivity index (χ0v) is 35.1. The number of likely N-dealkylation sites (tertiary alicyclic amines) is 1. The highest BCUT2D eigenvalue weighted by Crippen LogP contribution is 2.38. The quantitative estimate of drug-likeness (QED) is 0.113. The van der Waals surface area contributed by atoms with Crippen LogP contribution in [-0.4, -0.2) is 156 Å². The number of nitrogens with zero attached hydrogens (tertiary/aromatic N) is 7. The summed E-state index contributed by atoms with van der Waals surface area (Å²) in [5.74, 6) is -1.00. The molecule has 4 aliphatic heterocycles. The van der Waals surface area contributed by atoms with Gasteiger partial charge in [-0.2, -0.15) is 5.10 Å². The molecule has 7 amide bonds. The Labute approximate surface area is 360 Å². The monoisotopic (exact) mass is 855 g/mol. The number of fused-ring (bicyclic) bond motifs is 2. The molecule has 3 saturated heterocycles. The Hall–Kier alpha value is -5.66. The van der Waals surface area contributed by atoms with Gasteiger partial charge in [0, 0.05) is 95.0 Å². The molecule has 332 valence electrons. The highest BCUT2D eigenvalue weighted by atomic mass is 16.5. The van der Waals surface area contributed by atoms with Gasteiger partial charge < -0.3 is 40.1 Å². The van der Waals surface area contributed by atoms with Crippen LogP contribution in [0.2, 0.25) is 0 Å². The predicted octanol–water partition coefficient (Wildman–Crippen LogP) is 1.62. The summed E-state index contributed by atoms with van der Waals surface area (Å²) < 4.78 is 13.2. The van der Waals surface area contributed by atoms with Crippen molar-refractivity contribution >= 4 is 52.6 Å². The molecular weight excluding hydrogens is 799 g/mol. The number of carbonyl (C=O) groups is 6. The summed E-state index contributed by atoms with van der Waals surface area (Å²) in [6.07, 6.45) is 9.79. The van der Waals surface area contributed by atoms with E-state index in [0.29, 0.717) is 57.0 Å². The van der Waals surface area contributed by atoms with E-state index in [2.05, 4.69) is 41.1 Å². The zero-order valence-electron chi connectivity index (χ0n) is 35.1. The number of nitrogens with one attached hydrogen (secondary N) is 4. The maximum atomic E-state index is 13.5. The summed E-state index contributed by atoms with van der Waals surface area (Å²) in [5.41, 5.74) is 4.90. The molecule has 8 rings (SSSR count). The number of hydrogen-bond acceptors (Lipinski definition) is 12. The van der Waals surface area contributed by atoms with Crippen LogP contribution in [0, 0.1) is 0 Å². The van der Waals surface area contributed by atoms with Crippen LogP contribution < -0.4 is 26.2 Å². The second-order valence-electron chi connectivity index (χ2n) is 16.6. The molecule has 2 unspecified atom stereocenters. The Bertz CT molecular complexity index is 2130. The standard InChI is InChI=1S/C43H57N11O8/c55-37(44-14-15-45-40(57)34-6-3-16-52(34)43(60)48-33-27-46-36-11-13-47-54(36)39(33)29-4-1-2-5-29)12-22-61-24-25-62-23-21-50-17-19-51(20-18-50)31-7-8-32-30(26-31)28-53(42(32)59)35-9-10-38(56)49-41(35)58/h7-8,11,13,26-27,29,34-35H,1-6,9-10,12,14-25,28H2,(H,44,55)(H,45,57)(H,48,60)(H,49,56,58). The normalized spacial score (nSPS) is 20.8. The van der Waals surface area contributed by atoms with Crippen molar-refractivity contribution in [2.45, 2.75) is 82.3 Å². The molecule has 6 heterocycles. The molecule has 3 aromatic rings. The number of aromatic nitrogens is 3. The fraction of sp³-hybridized carbons (Fsp3) is 0.581. The van der Waals surface area contributed by atoms with E-state index in [1.807, 2.05) is 28.8 Å². The van der Waals surface area contributed by atoms with Gasteiger partial charge in [0.2, 0.25) is 23.6 Å². The number of anilines is 2. The average Bonchev–Trinajstić information content (AvgIpc) is 4.12. The number of piperazine rings is 1. The van der Waals surface area contributed by atoms with E-state index in [-0.39, 0.29) is 68.1 Å². The molecule has 4 N–H and O–H groups in total. The minimum Gasteiger partial charge on any atom is -0.379 e. The number of hydrogen-bond donors (Lipinski definition) is 4. The lowest BCUT2D eigenvalue weighted by Crippen LogP contribution is -2.52. The van der Waals surface area contributed by atoms with E-state index < -0.39 is 18.0 Å². The third-order valence-corrected chi connectivity index (χ3v) is 12.6. The lowest BCUT2D eigenvalue weighted by Gasteiger charge is -2.36. The Morgan fingerprint density at radius 3 is 2.45 bits per heavy atom. The van der Waals surface area contributed by atoms with Gasteiger partial charge >= 0.3 is 6.03 Å². The fourth-order valence-corrected chi connectivity index (χ4v) is 9.31. The van der Waals surface area contributed by atoms with Gasteiger partial charge in [0.1, 0.15) is 12.1 Å². The van der Waals surface area contributed by atoms with Crippen molar-refractivity contribution in [1.29, 1.82) is 0 Å². The lowest BCUT2D eigenvalue weighted by molar-refractivity contribution is -0.137. The molecule has 5 aliphatic rings. The molecule has 1 aromatic carbocycles. The smallest absolute Gasteiger partial charge is 0.322 e. The van der Waals surface area contributed by atoms with E-state index >= 15 is 0 Å². The van der Waals surface area contributed by atoms with Crippen molar-refractivity contribution in [1.82, 2.24) is 45.2 Å². The maximum absolute atomic E-state index is 13.5. The Balaban J connectivity index is 0.654. The van der Waals surface area contributed by atoms with Crippen LogP contribution in [-0.2, 0) is 35.2 Å². The molecule has 4 fully saturated rings. The van der Waals surface area contributed by atoms with Gasteiger partial charge in [-0.25, -0.2) is 14.3 Å². The summed E-state index contributed by atoms with van der Waals surface area (Å²) in [4.78, 5) is 88.2. The molecule has 19 heteroatoms.